The first-order valence-electron chi connectivity index (χ1n) is 22.8. The van der Waals surface area contributed by atoms with Gasteiger partial charge in [0.25, 0.3) is 0 Å². The zero-order chi connectivity index (χ0) is 46.7. The van der Waals surface area contributed by atoms with E-state index in [1.807, 2.05) is 32.1 Å². The standard InChI is InChI=1S/C20H23N3.C17H21N.C7H12N2.C4H5Br2N.C4H5N.C2H6/c21-12-11-20-17-22(15-18-7-3-1-4-8-18)13-14-23(20)16-19-9-5-2-6-10-19;1-3-9-16(10-4-1)11-7-8-14-18-15-17-12-5-2-6-13-17;8-4-3-7-2-1-5-9-6-7;5-3-4(6)1-2-7;1-2-3-4-5;1-2/h1-10,20H,11,13-17H2;1-6,9-10,12-13,18H,7-8,11,14-15H2;7,9H,1-3,5-6H2;4H,1,3H2;2H,1,3H2;1-2H3. The molecule has 342 valence electrons. The van der Waals surface area contributed by atoms with Gasteiger partial charge in [-0.05, 0) is 79.9 Å². The summed E-state index contributed by atoms with van der Waals surface area (Å²) in [5.74, 6) is 0.628. The molecule has 0 radical (unpaired) electrons. The van der Waals surface area contributed by atoms with Crippen molar-refractivity contribution in [3.05, 3.63) is 156 Å². The molecule has 0 aromatic heterocycles. The molecule has 2 N–H and O–H groups in total. The maximum atomic E-state index is 9.18. The SMILES string of the molecule is C=CCC#N.CC.N#CCC(Br)CBr.N#CCC1CCCNC1.N#CCC1CN(Cc2ccccc2)CCN1Cc1ccccc1.c1ccc(CCCCNCc2ccccc2)cc1. The van der Waals surface area contributed by atoms with Gasteiger partial charge in [-0.2, -0.15) is 21.0 Å². The van der Waals surface area contributed by atoms with E-state index in [4.69, 9.17) is 15.8 Å². The number of rotatable bonds is 16. The van der Waals surface area contributed by atoms with E-state index < -0.39 is 0 Å². The number of allylic oxidation sites excluding steroid dienone is 1. The van der Waals surface area contributed by atoms with Crippen LogP contribution in [-0.4, -0.2) is 65.3 Å². The van der Waals surface area contributed by atoms with E-state index in [2.05, 4.69) is 186 Å². The fourth-order valence-corrected chi connectivity index (χ4v) is 7.14. The summed E-state index contributed by atoms with van der Waals surface area (Å²) in [5, 5.41) is 40.9. The Labute approximate surface area is 404 Å². The lowest BCUT2D eigenvalue weighted by Crippen LogP contribution is -2.52. The second-order valence-electron chi connectivity index (χ2n) is 15.1. The third-order valence-electron chi connectivity index (χ3n) is 10.1. The number of nitrogens with one attached hydrogen (secondary N) is 2. The highest BCUT2D eigenvalue weighted by Gasteiger charge is 2.26. The molecule has 2 aliphatic rings. The number of piperazine rings is 1. The molecule has 0 aliphatic carbocycles. The van der Waals surface area contributed by atoms with Crippen LogP contribution < -0.4 is 10.6 Å². The summed E-state index contributed by atoms with van der Waals surface area (Å²) in [4.78, 5) is 5.25. The molecule has 4 aromatic carbocycles. The molecule has 6 rings (SSSR count). The lowest BCUT2D eigenvalue weighted by molar-refractivity contribution is 0.0662. The number of alkyl halides is 2. The minimum absolute atomic E-state index is 0.317. The van der Waals surface area contributed by atoms with Crippen LogP contribution in [0.1, 0.15) is 87.5 Å². The van der Waals surface area contributed by atoms with E-state index in [1.54, 1.807) is 6.08 Å². The third-order valence-corrected chi connectivity index (χ3v) is 12.4. The molecule has 4 aromatic rings. The van der Waals surface area contributed by atoms with Crippen molar-refractivity contribution in [3.63, 3.8) is 0 Å². The Morgan fingerprint density at radius 3 is 1.77 bits per heavy atom. The van der Waals surface area contributed by atoms with Crippen LogP contribution >= 0.6 is 31.9 Å². The third kappa shape index (κ3) is 29.7. The molecule has 2 fully saturated rings. The van der Waals surface area contributed by atoms with Gasteiger partial charge in [0.1, 0.15) is 0 Å². The quantitative estimate of drug-likeness (QED) is 0.0646. The van der Waals surface area contributed by atoms with Gasteiger partial charge in [-0.25, -0.2) is 0 Å². The molecule has 0 amide bonds. The Morgan fingerprint density at radius 1 is 0.734 bits per heavy atom. The van der Waals surface area contributed by atoms with E-state index in [-0.39, 0.29) is 0 Å². The number of nitriles is 4. The summed E-state index contributed by atoms with van der Waals surface area (Å²) in [6, 6.07) is 51.2. The summed E-state index contributed by atoms with van der Waals surface area (Å²) >= 11 is 6.49. The summed E-state index contributed by atoms with van der Waals surface area (Å²) in [5.41, 5.74) is 5.48. The smallest absolute Gasteiger partial charge is 0.0663 e. The summed E-state index contributed by atoms with van der Waals surface area (Å²) in [6.45, 7) is 16.6. The summed E-state index contributed by atoms with van der Waals surface area (Å²) in [6.07, 6.45) is 10.1. The molecule has 3 unspecified atom stereocenters. The second kappa shape index (κ2) is 41.1. The van der Waals surface area contributed by atoms with E-state index in [0.717, 1.165) is 70.7 Å². The van der Waals surface area contributed by atoms with Crippen molar-refractivity contribution in [2.45, 2.75) is 102 Å². The largest absolute Gasteiger partial charge is 0.316 e. The van der Waals surface area contributed by atoms with E-state index in [1.165, 1.54) is 54.4 Å². The summed E-state index contributed by atoms with van der Waals surface area (Å²) in [7, 11) is 0. The minimum atomic E-state index is 0.317. The highest BCUT2D eigenvalue weighted by molar-refractivity contribution is 9.12. The van der Waals surface area contributed by atoms with Crippen LogP contribution in [0.4, 0.5) is 0 Å². The number of halogens is 2. The molecule has 2 aliphatic heterocycles. The van der Waals surface area contributed by atoms with Gasteiger partial charge in [-0.1, -0.05) is 173 Å². The van der Waals surface area contributed by atoms with Crippen molar-refractivity contribution in [3.8, 4) is 24.3 Å². The van der Waals surface area contributed by atoms with Crippen molar-refractivity contribution in [1.82, 2.24) is 20.4 Å². The number of unbranched alkanes of at least 4 members (excludes halogenated alkanes) is 1. The van der Waals surface area contributed by atoms with Crippen LogP contribution in [0.3, 0.4) is 0 Å². The molecule has 0 spiro atoms. The molecule has 3 atom stereocenters. The normalized spacial score (nSPS) is 15.6. The number of aryl methyl sites for hydroxylation is 1. The van der Waals surface area contributed by atoms with Crippen LogP contribution in [0.15, 0.2) is 134 Å². The number of hydrogen-bond donors (Lipinski definition) is 2. The fourth-order valence-electron chi connectivity index (χ4n) is 6.77. The lowest BCUT2D eigenvalue weighted by Gasteiger charge is -2.40. The minimum Gasteiger partial charge on any atom is -0.316 e. The first-order chi connectivity index (χ1) is 31.5. The first kappa shape index (κ1) is 57.4. The maximum absolute atomic E-state index is 9.18. The fraction of sp³-hybridized carbons (Fsp3) is 0.444. The Balaban J connectivity index is 0.000000440. The first-order valence-corrected chi connectivity index (χ1v) is 24.8. The number of nitrogens with zero attached hydrogens (tertiary/aromatic N) is 6. The number of benzene rings is 4. The Kier molecular flexibility index (Phi) is 36.9. The van der Waals surface area contributed by atoms with Gasteiger partial charge in [0.2, 0.25) is 0 Å². The van der Waals surface area contributed by atoms with E-state index in [0.29, 0.717) is 36.0 Å². The van der Waals surface area contributed by atoms with Gasteiger partial charge in [0.05, 0.1) is 37.1 Å². The predicted molar refractivity (Wildman–Crippen MR) is 274 cm³/mol. The van der Waals surface area contributed by atoms with Crippen LogP contribution in [0.25, 0.3) is 0 Å². The molecule has 10 heteroatoms. The summed E-state index contributed by atoms with van der Waals surface area (Å²) < 4.78 is 0. The Hall–Kier alpha value is -4.62. The second-order valence-corrected chi connectivity index (χ2v) is 17.1. The average molecular weight is 993 g/mol. The molecular formula is C54H72Br2N8. The Bertz CT molecular complexity index is 1810. The highest BCUT2D eigenvalue weighted by Crippen LogP contribution is 2.18. The zero-order valence-electron chi connectivity index (χ0n) is 38.4. The molecule has 0 bridgehead atoms. The number of piperidine rings is 1. The number of hydrogen-bond acceptors (Lipinski definition) is 8. The van der Waals surface area contributed by atoms with Crippen LogP contribution in [0, 0.1) is 51.2 Å². The van der Waals surface area contributed by atoms with Crippen molar-refractivity contribution in [2.75, 3.05) is 44.6 Å². The highest BCUT2D eigenvalue weighted by atomic mass is 79.9. The molecule has 64 heavy (non-hydrogen) atoms. The van der Waals surface area contributed by atoms with Crippen LogP contribution in [0.2, 0.25) is 0 Å². The predicted octanol–water partition coefficient (Wildman–Crippen LogP) is 12.2. The van der Waals surface area contributed by atoms with Crippen molar-refractivity contribution in [2.24, 2.45) is 5.92 Å². The molecule has 8 nitrogen and oxygen atoms in total. The van der Waals surface area contributed by atoms with Gasteiger partial charge < -0.3 is 10.6 Å². The maximum Gasteiger partial charge on any atom is 0.0663 e. The molecule has 0 saturated carbocycles. The zero-order valence-corrected chi connectivity index (χ0v) is 41.6. The van der Waals surface area contributed by atoms with Crippen LogP contribution in [-0.2, 0) is 26.1 Å². The molecule has 2 saturated heterocycles. The van der Waals surface area contributed by atoms with Crippen LogP contribution in [0.5, 0.6) is 0 Å². The van der Waals surface area contributed by atoms with Crippen molar-refractivity contribution in [1.29, 1.82) is 21.0 Å². The van der Waals surface area contributed by atoms with Gasteiger partial charge in [-0.3, -0.25) is 9.80 Å². The van der Waals surface area contributed by atoms with Gasteiger partial charge in [0, 0.05) is 68.3 Å². The topological polar surface area (TPSA) is 126 Å². The van der Waals surface area contributed by atoms with Gasteiger partial charge >= 0.3 is 0 Å². The average Bonchev–Trinajstić information content (AvgIpc) is 3.35. The lowest BCUT2D eigenvalue weighted by atomic mass is 9.97. The van der Waals surface area contributed by atoms with Crippen molar-refractivity contribution < 1.29 is 0 Å². The van der Waals surface area contributed by atoms with Gasteiger partial charge in [0.15, 0.2) is 0 Å². The van der Waals surface area contributed by atoms with Crippen molar-refractivity contribution >= 4 is 31.9 Å². The van der Waals surface area contributed by atoms with E-state index in [9.17, 15) is 5.26 Å². The van der Waals surface area contributed by atoms with E-state index >= 15 is 0 Å². The monoisotopic (exact) mass is 990 g/mol. The Morgan fingerprint density at radius 2 is 1.30 bits per heavy atom. The molecule has 2 heterocycles. The molecular weight excluding hydrogens is 920 g/mol. The van der Waals surface area contributed by atoms with Gasteiger partial charge in [-0.15, -0.1) is 6.58 Å².